The average molecular weight is 449 g/mol. The summed E-state index contributed by atoms with van der Waals surface area (Å²) in [6, 6.07) is 8.88. The molecule has 0 saturated carbocycles. The molecule has 6 heteroatoms. The lowest BCUT2D eigenvalue weighted by molar-refractivity contribution is -0.314. The highest BCUT2D eigenvalue weighted by molar-refractivity contribution is 5.44. The van der Waals surface area contributed by atoms with E-state index >= 15 is 0 Å². The molecular formula is C27H34N3O3+. The number of rotatable bonds is 6. The van der Waals surface area contributed by atoms with E-state index in [0.717, 1.165) is 49.4 Å². The predicted molar refractivity (Wildman–Crippen MR) is 126 cm³/mol. The van der Waals surface area contributed by atoms with Crippen LogP contribution < -0.4 is 30.3 Å². The van der Waals surface area contributed by atoms with Crippen LogP contribution in [0.15, 0.2) is 24.3 Å². The van der Waals surface area contributed by atoms with Gasteiger partial charge in [-0.25, -0.2) is 0 Å². The van der Waals surface area contributed by atoms with Gasteiger partial charge < -0.3 is 19.5 Å². The van der Waals surface area contributed by atoms with Crippen LogP contribution in [-0.4, -0.2) is 50.5 Å². The first-order valence-electron chi connectivity index (χ1n) is 12.2. The van der Waals surface area contributed by atoms with Gasteiger partial charge in [-0.1, -0.05) is 13.0 Å². The number of nitrogens with zero attached hydrogens (tertiary/aromatic N) is 2. The Morgan fingerprint density at radius 1 is 1.15 bits per heavy atom. The summed E-state index contributed by atoms with van der Waals surface area (Å²) in [4.78, 5) is 7.02. The van der Waals surface area contributed by atoms with Gasteiger partial charge in [0.25, 0.3) is 0 Å². The van der Waals surface area contributed by atoms with Crippen LogP contribution in [0.3, 0.4) is 0 Å². The van der Waals surface area contributed by atoms with E-state index in [-0.39, 0.29) is 6.10 Å². The molecule has 0 bridgehead atoms. The van der Waals surface area contributed by atoms with Gasteiger partial charge in [-0.05, 0) is 66.7 Å². The summed E-state index contributed by atoms with van der Waals surface area (Å²) in [5.41, 5.74) is 2.54. The van der Waals surface area contributed by atoms with E-state index in [2.05, 4.69) is 52.6 Å². The van der Waals surface area contributed by atoms with Gasteiger partial charge in [-0.3, -0.25) is 4.90 Å². The Morgan fingerprint density at radius 2 is 2.03 bits per heavy atom. The molecule has 1 aromatic heterocycles. The Morgan fingerprint density at radius 3 is 2.91 bits per heavy atom. The molecule has 6 nitrogen and oxygen atoms in total. The Bertz CT molecular complexity index is 1090. The molecule has 1 aliphatic carbocycles. The maximum atomic E-state index is 5.75. The Labute approximate surface area is 196 Å². The van der Waals surface area contributed by atoms with Crippen LogP contribution in [0.5, 0.6) is 11.5 Å². The Balaban J connectivity index is 1.18. The fourth-order valence-electron chi connectivity index (χ4n) is 5.11. The van der Waals surface area contributed by atoms with Gasteiger partial charge in [0.2, 0.25) is 0 Å². The quantitative estimate of drug-likeness (QED) is 0.718. The van der Waals surface area contributed by atoms with Crippen molar-refractivity contribution in [2.24, 2.45) is 5.92 Å². The highest BCUT2D eigenvalue weighted by atomic mass is 16.6. The van der Waals surface area contributed by atoms with Gasteiger partial charge in [0, 0.05) is 38.2 Å². The third kappa shape index (κ3) is 5.16. The standard InChI is InChI=1S/C27H34N3O3/c1-19-14-24-23(16-26(19)31-2)21(7-9-28-24)17-29-22-4-3-10-30(11-8-22)18-20-5-6-25-27(15-20)33-13-12-32-25/h5-7,14-16,19,22,26,29H,3-4,8,10-13,17-18H2,1-2H3/q+1. The zero-order valence-electron chi connectivity index (χ0n) is 19.7. The number of aromatic nitrogens is 1. The first-order valence-corrected chi connectivity index (χ1v) is 12.2. The number of ether oxygens (including phenoxy) is 3. The summed E-state index contributed by atoms with van der Waals surface area (Å²) in [5, 5.41) is 6.04. The van der Waals surface area contributed by atoms with Crippen molar-refractivity contribution in [3.05, 3.63) is 52.2 Å². The van der Waals surface area contributed by atoms with Crippen LogP contribution in [-0.2, 0) is 17.8 Å². The first-order chi connectivity index (χ1) is 16.2. The minimum atomic E-state index is 0.104. The molecule has 3 aliphatic rings. The third-order valence-corrected chi connectivity index (χ3v) is 7.00. The van der Waals surface area contributed by atoms with Crippen LogP contribution in [0.4, 0.5) is 0 Å². The molecule has 1 saturated heterocycles. The lowest BCUT2D eigenvalue weighted by Crippen LogP contribution is -2.46. The molecular weight excluding hydrogens is 414 g/mol. The summed E-state index contributed by atoms with van der Waals surface area (Å²) in [6.45, 7) is 7.45. The van der Waals surface area contributed by atoms with Crippen LogP contribution in [0.2, 0.25) is 0 Å². The Kier molecular flexibility index (Phi) is 6.82. The lowest BCUT2D eigenvalue weighted by Gasteiger charge is -2.23. The summed E-state index contributed by atoms with van der Waals surface area (Å²) >= 11 is 0. The fourth-order valence-corrected chi connectivity index (χ4v) is 5.11. The molecule has 3 atom stereocenters. The second kappa shape index (κ2) is 10.1. The fraction of sp³-hybridized carbons (Fsp3) is 0.519. The number of methoxy groups -OCH3 is 1. The monoisotopic (exact) mass is 448 g/mol. The summed E-state index contributed by atoms with van der Waals surface area (Å²) in [5.74, 6) is 2.07. The molecule has 1 fully saturated rings. The zero-order valence-corrected chi connectivity index (χ0v) is 19.7. The van der Waals surface area contributed by atoms with E-state index < -0.39 is 0 Å². The molecule has 2 aromatic rings. The molecule has 3 heterocycles. The zero-order chi connectivity index (χ0) is 22.6. The lowest BCUT2D eigenvalue weighted by atomic mass is 9.96. The Hall–Kier alpha value is -2.59. The van der Waals surface area contributed by atoms with Crippen LogP contribution in [0, 0.1) is 12.1 Å². The van der Waals surface area contributed by atoms with E-state index in [4.69, 9.17) is 14.2 Å². The van der Waals surface area contributed by atoms with Gasteiger partial charge in [-0.15, -0.1) is 0 Å². The van der Waals surface area contributed by atoms with Crippen molar-refractivity contribution in [3.8, 4) is 11.5 Å². The van der Waals surface area contributed by atoms with Crippen LogP contribution >= 0.6 is 0 Å². The molecule has 0 radical (unpaired) electrons. The highest BCUT2D eigenvalue weighted by Crippen LogP contribution is 2.31. The van der Waals surface area contributed by atoms with Crippen molar-refractivity contribution in [1.29, 1.82) is 0 Å². The summed E-state index contributed by atoms with van der Waals surface area (Å²) in [6.07, 6.45) is 11.2. The van der Waals surface area contributed by atoms with Crippen molar-refractivity contribution < 1.29 is 19.2 Å². The average Bonchev–Trinajstić information content (AvgIpc) is 3.07. The number of hydrogen-bond acceptors (Lipinski definition) is 5. The predicted octanol–water partition coefficient (Wildman–Crippen LogP) is 1.23. The van der Waals surface area contributed by atoms with Crippen molar-refractivity contribution in [2.45, 2.75) is 51.4 Å². The summed E-state index contributed by atoms with van der Waals surface area (Å²) in [7, 11) is 1.78. The second-order valence-corrected chi connectivity index (χ2v) is 9.37. The molecule has 2 aliphatic heterocycles. The minimum Gasteiger partial charge on any atom is -0.486 e. The second-order valence-electron chi connectivity index (χ2n) is 9.37. The number of hydrogen-bond donors (Lipinski definition) is 1. The SMILES string of the molecule is COC1C=c2c(CNC3CCCN(Cc4ccc5c(c4)OCCO5)CC3)cc#[n+]c2=CC1C. The first kappa shape index (κ1) is 22.2. The molecule has 1 N–H and O–H groups in total. The number of likely N-dealkylation sites (tertiary alicyclic amines) is 1. The van der Waals surface area contributed by atoms with Gasteiger partial charge in [-0.2, -0.15) is 0 Å². The molecule has 1 aromatic carbocycles. The molecule has 5 rings (SSSR count). The topological polar surface area (TPSA) is 57.1 Å². The number of nitrogens with one attached hydrogen (secondary N) is 1. The maximum absolute atomic E-state index is 5.75. The smallest absolute Gasteiger partial charge is 0.344 e. The van der Waals surface area contributed by atoms with Gasteiger partial charge in [0.05, 0.1) is 17.4 Å². The number of benzene rings is 1. The molecule has 33 heavy (non-hydrogen) atoms. The van der Waals surface area contributed by atoms with E-state index in [1.807, 2.05) is 12.1 Å². The highest BCUT2D eigenvalue weighted by Gasteiger charge is 2.22. The molecule has 0 spiro atoms. The van der Waals surface area contributed by atoms with Crippen molar-refractivity contribution >= 4 is 12.2 Å². The number of fused-ring (bicyclic) bond motifs is 2. The minimum absolute atomic E-state index is 0.104. The van der Waals surface area contributed by atoms with E-state index in [9.17, 15) is 0 Å². The van der Waals surface area contributed by atoms with Crippen LogP contribution in [0.25, 0.3) is 12.2 Å². The van der Waals surface area contributed by atoms with Gasteiger partial charge in [0.1, 0.15) is 13.2 Å². The van der Waals surface area contributed by atoms with Gasteiger partial charge >= 0.3 is 11.5 Å². The molecule has 0 amide bonds. The maximum Gasteiger partial charge on any atom is 0.344 e. The molecule has 3 unspecified atom stereocenters. The third-order valence-electron chi connectivity index (χ3n) is 7.00. The largest absolute Gasteiger partial charge is 0.486 e. The molecule has 174 valence electrons. The van der Waals surface area contributed by atoms with Crippen LogP contribution in [0.1, 0.15) is 37.3 Å². The van der Waals surface area contributed by atoms with E-state index in [1.54, 1.807) is 7.11 Å². The van der Waals surface area contributed by atoms with E-state index in [1.165, 1.54) is 29.2 Å². The van der Waals surface area contributed by atoms with E-state index in [0.29, 0.717) is 25.2 Å². The van der Waals surface area contributed by atoms with Gasteiger partial charge in [0.15, 0.2) is 11.5 Å². The van der Waals surface area contributed by atoms with Crippen molar-refractivity contribution in [3.63, 3.8) is 0 Å². The van der Waals surface area contributed by atoms with Crippen molar-refractivity contribution in [1.82, 2.24) is 10.2 Å². The normalized spacial score (nSPS) is 24.6. The summed E-state index contributed by atoms with van der Waals surface area (Å²) < 4.78 is 17.1. The van der Waals surface area contributed by atoms with Crippen molar-refractivity contribution in [2.75, 3.05) is 33.4 Å².